The van der Waals surface area contributed by atoms with Crippen LogP contribution in [0.5, 0.6) is 5.75 Å². The summed E-state index contributed by atoms with van der Waals surface area (Å²) >= 11 is 0. The molecule has 2 rings (SSSR count). The van der Waals surface area contributed by atoms with Crippen LogP contribution in [-0.2, 0) is 9.63 Å². The maximum atomic E-state index is 11.8. The average Bonchev–Trinajstić information content (AvgIpc) is 2.49. The molecule has 0 radical (unpaired) electrons. The fraction of sp³-hybridized carbons (Fsp3) is 0.529. The lowest BCUT2D eigenvalue weighted by atomic mass is 9.98. The van der Waals surface area contributed by atoms with Crippen LogP contribution >= 0.6 is 0 Å². The average molecular weight is 305 g/mol. The Balaban J connectivity index is 1.79. The number of nitrogens with zero attached hydrogens (tertiary/aromatic N) is 1. The van der Waals surface area contributed by atoms with E-state index in [2.05, 4.69) is 0 Å². The van der Waals surface area contributed by atoms with E-state index in [0.717, 1.165) is 24.9 Å². The van der Waals surface area contributed by atoms with Gasteiger partial charge in [0.05, 0.1) is 5.41 Å². The van der Waals surface area contributed by atoms with Gasteiger partial charge in [-0.25, -0.2) is 4.79 Å². The third-order valence-electron chi connectivity index (χ3n) is 3.54. The molecule has 1 aliphatic rings. The molecule has 1 heterocycles. The third-order valence-corrected chi connectivity index (χ3v) is 3.54. The smallest absolute Gasteiger partial charge is 0.330 e. The van der Waals surface area contributed by atoms with Crippen molar-refractivity contribution in [3.8, 4) is 5.75 Å². The molecule has 5 heteroatoms. The van der Waals surface area contributed by atoms with Crippen LogP contribution in [0.4, 0.5) is 0 Å². The number of rotatable bonds is 4. The number of hydroxylamine groups is 2. The molecule has 0 saturated carbocycles. The summed E-state index contributed by atoms with van der Waals surface area (Å²) in [5, 5.41) is 1.71. The molecular formula is C17H23NO4. The molecule has 0 unspecified atom stereocenters. The maximum Gasteiger partial charge on any atom is 0.330 e. The summed E-state index contributed by atoms with van der Waals surface area (Å²) in [6.07, 6.45) is 2.51. The van der Waals surface area contributed by atoms with Crippen molar-refractivity contribution in [2.75, 3.05) is 13.1 Å². The topological polar surface area (TPSA) is 55.8 Å². The van der Waals surface area contributed by atoms with E-state index in [1.54, 1.807) is 29.3 Å². The Morgan fingerprint density at radius 2 is 1.77 bits per heavy atom. The van der Waals surface area contributed by atoms with Crippen LogP contribution < -0.4 is 4.74 Å². The van der Waals surface area contributed by atoms with Gasteiger partial charge in [-0.1, -0.05) is 0 Å². The molecule has 22 heavy (non-hydrogen) atoms. The van der Waals surface area contributed by atoms with Gasteiger partial charge in [-0.3, -0.25) is 4.79 Å². The van der Waals surface area contributed by atoms with E-state index >= 15 is 0 Å². The minimum absolute atomic E-state index is 0.103. The van der Waals surface area contributed by atoms with Gasteiger partial charge < -0.3 is 9.57 Å². The first-order valence-electron chi connectivity index (χ1n) is 7.58. The second kappa shape index (κ2) is 6.92. The van der Waals surface area contributed by atoms with Crippen molar-refractivity contribution in [1.29, 1.82) is 0 Å². The summed E-state index contributed by atoms with van der Waals surface area (Å²) < 4.78 is 5.89. The molecule has 1 saturated heterocycles. The number of aldehydes is 1. The largest absolute Gasteiger partial charge is 0.490 e. The summed E-state index contributed by atoms with van der Waals surface area (Å²) in [5.74, 6) is 0.548. The third kappa shape index (κ3) is 4.56. The lowest BCUT2D eigenvalue weighted by Crippen LogP contribution is -2.41. The fourth-order valence-corrected chi connectivity index (χ4v) is 2.11. The molecular weight excluding hydrogens is 282 g/mol. The van der Waals surface area contributed by atoms with E-state index in [9.17, 15) is 9.59 Å². The summed E-state index contributed by atoms with van der Waals surface area (Å²) in [7, 11) is 0. The van der Waals surface area contributed by atoms with Gasteiger partial charge in [0, 0.05) is 31.5 Å². The van der Waals surface area contributed by atoms with Crippen LogP contribution in [-0.4, -0.2) is 36.5 Å². The van der Waals surface area contributed by atoms with Crippen LogP contribution in [0.15, 0.2) is 24.3 Å². The van der Waals surface area contributed by atoms with E-state index in [4.69, 9.17) is 9.57 Å². The number of hydrogen-bond acceptors (Lipinski definition) is 5. The predicted molar refractivity (Wildman–Crippen MR) is 82.6 cm³/mol. The number of carbonyl (C=O) groups excluding carboxylic acids is 2. The van der Waals surface area contributed by atoms with Crippen molar-refractivity contribution < 1.29 is 19.2 Å². The van der Waals surface area contributed by atoms with E-state index in [1.165, 1.54) is 0 Å². The zero-order chi connectivity index (χ0) is 16.2. The van der Waals surface area contributed by atoms with E-state index in [-0.39, 0.29) is 12.1 Å². The van der Waals surface area contributed by atoms with Crippen molar-refractivity contribution in [3.05, 3.63) is 29.8 Å². The first-order valence-corrected chi connectivity index (χ1v) is 7.58. The van der Waals surface area contributed by atoms with E-state index in [0.29, 0.717) is 18.7 Å². The quantitative estimate of drug-likeness (QED) is 0.801. The number of piperidine rings is 1. The lowest BCUT2D eigenvalue weighted by molar-refractivity contribution is -0.207. The minimum atomic E-state index is -0.492. The minimum Gasteiger partial charge on any atom is -0.490 e. The second-order valence-electron chi connectivity index (χ2n) is 6.56. The molecule has 1 aromatic carbocycles. The van der Waals surface area contributed by atoms with Gasteiger partial charge >= 0.3 is 5.97 Å². The Bertz CT molecular complexity index is 510. The SMILES string of the molecule is CC(C)(C)C(=O)ON1CCC(Oc2ccc(C=O)cc2)CC1. The standard InChI is InChI=1S/C17H23NO4/c1-17(2,3)16(20)22-18-10-8-15(9-11-18)21-14-6-4-13(12-19)5-7-14/h4-7,12,15H,8-11H2,1-3H3. The first kappa shape index (κ1) is 16.5. The van der Waals surface area contributed by atoms with Crippen LogP contribution in [0.2, 0.25) is 0 Å². The van der Waals surface area contributed by atoms with Crippen molar-refractivity contribution in [3.63, 3.8) is 0 Å². The highest BCUT2D eigenvalue weighted by molar-refractivity contribution is 5.75. The molecule has 0 N–H and O–H groups in total. The lowest BCUT2D eigenvalue weighted by Gasteiger charge is -2.32. The molecule has 1 aromatic rings. The molecule has 1 aliphatic heterocycles. The van der Waals surface area contributed by atoms with Crippen LogP contribution in [0.3, 0.4) is 0 Å². The molecule has 0 bridgehead atoms. The molecule has 120 valence electrons. The highest BCUT2D eigenvalue weighted by Crippen LogP contribution is 2.21. The van der Waals surface area contributed by atoms with Gasteiger partial charge in [0.1, 0.15) is 18.1 Å². The maximum absolute atomic E-state index is 11.8. The molecule has 5 nitrogen and oxygen atoms in total. The highest BCUT2D eigenvalue weighted by Gasteiger charge is 2.28. The van der Waals surface area contributed by atoms with Gasteiger partial charge in [-0.05, 0) is 45.0 Å². The fourth-order valence-electron chi connectivity index (χ4n) is 2.11. The van der Waals surface area contributed by atoms with Crippen LogP contribution in [0.1, 0.15) is 44.0 Å². The van der Waals surface area contributed by atoms with Gasteiger partial charge in [0.25, 0.3) is 0 Å². The number of benzene rings is 1. The van der Waals surface area contributed by atoms with Gasteiger partial charge in [-0.15, -0.1) is 5.06 Å². The summed E-state index contributed by atoms with van der Waals surface area (Å²) in [6.45, 7) is 6.86. The molecule has 1 fully saturated rings. The monoisotopic (exact) mass is 305 g/mol. The molecule has 0 atom stereocenters. The highest BCUT2D eigenvalue weighted by atomic mass is 16.7. The van der Waals surface area contributed by atoms with Crippen molar-refractivity contribution in [2.24, 2.45) is 5.41 Å². The van der Waals surface area contributed by atoms with Crippen LogP contribution in [0, 0.1) is 5.41 Å². The van der Waals surface area contributed by atoms with Gasteiger partial charge in [0.2, 0.25) is 0 Å². The molecule has 0 aliphatic carbocycles. The second-order valence-corrected chi connectivity index (χ2v) is 6.56. The molecule has 0 spiro atoms. The van der Waals surface area contributed by atoms with E-state index < -0.39 is 5.41 Å². The summed E-state index contributed by atoms with van der Waals surface area (Å²) in [6, 6.07) is 7.08. The Morgan fingerprint density at radius 3 is 2.27 bits per heavy atom. The van der Waals surface area contributed by atoms with Crippen molar-refractivity contribution >= 4 is 12.3 Å². The van der Waals surface area contributed by atoms with E-state index in [1.807, 2.05) is 20.8 Å². The Labute approximate surface area is 131 Å². The summed E-state index contributed by atoms with van der Waals surface area (Å²) in [5.41, 5.74) is 0.143. The van der Waals surface area contributed by atoms with Crippen molar-refractivity contribution in [2.45, 2.75) is 39.7 Å². The Morgan fingerprint density at radius 1 is 1.18 bits per heavy atom. The Kier molecular flexibility index (Phi) is 5.19. The van der Waals surface area contributed by atoms with Gasteiger partial charge in [-0.2, -0.15) is 0 Å². The Hall–Kier alpha value is -1.88. The predicted octanol–water partition coefficient (Wildman–Crippen LogP) is 2.85. The molecule has 0 aromatic heterocycles. The summed E-state index contributed by atoms with van der Waals surface area (Å²) in [4.78, 5) is 27.8. The molecule has 0 amide bonds. The normalized spacial score (nSPS) is 17.0. The first-order chi connectivity index (χ1) is 10.4. The van der Waals surface area contributed by atoms with Gasteiger partial charge in [0.15, 0.2) is 0 Å². The van der Waals surface area contributed by atoms with Crippen molar-refractivity contribution in [1.82, 2.24) is 5.06 Å². The van der Waals surface area contributed by atoms with Crippen LogP contribution in [0.25, 0.3) is 0 Å². The zero-order valence-corrected chi connectivity index (χ0v) is 13.4. The number of carbonyl (C=O) groups is 2. The number of hydrogen-bond donors (Lipinski definition) is 0. The number of ether oxygens (including phenoxy) is 1. The zero-order valence-electron chi connectivity index (χ0n) is 13.4.